The van der Waals surface area contributed by atoms with Gasteiger partial charge in [0.25, 0.3) is 0 Å². The van der Waals surface area contributed by atoms with Crippen LogP contribution in [0.2, 0.25) is 0 Å². The summed E-state index contributed by atoms with van der Waals surface area (Å²) in [5.41, 5.74) is -0.938. The molecule has 1 N–H and O–H groups in total. The van der Waals surface area contributed by atoms with E-state index in [9.17, 15) is 10.1 Å². The molecule has 1 amide bonds. The van der Waals surface area contributed by atoms with Crippen LogP contribution in [0.15, 0.2) is 12.4 Å². The van der Waals surface area contributed by atoms with Crippen LogP contribution in [0, 0.1) is 28.6 Å². The Hall–Kier alpha value is -1.33. The third kappa shape index (κ3) is 5.18. The molecular formula is C19H31Cl2N5O2. The molecule has 2 aliphatic rings. The number of likely N-dealkylation sites (tertiary alicyclic amines) is 1. The molecule has 0 unspecified atom stereocenters. The lowest BCUT2D eigenvalue weighted by atomic mass is 9.80. The summed E-state index contributed by atoms with van der Waals surface area (Å²) in [4.78, 5) is 19.7. The molecule has 3 heterocycles. The summed E-state index contributed by atoms with van der Waals surface area (Å²) in [5, 5.41) is 12.8. The summed E-state index contributed by atoms with van der Waals surface area (Å²) in [6.45, 7) is 7.84. The lowest BCUT2D eigenvalue weighted by Gasteiger charge is -2.32. The maximum absolute atomic E-state index is 12.9. The fraction of sp³-hybridized carbons (Fsp3) is 0.737. The van der Waals surface area contributed by atoms with Gasteiger partial charge in [0.1, 0.15) is 11.2 Å². The van der Waals surface area contributed by atoms with Crippen molar-refractivity contribution >= 4 is 30.7 Å². The molecule has 0 aliphatic carbocycles. The van der Waals surface area contributed by atoms with Crippen molar-refractivity contribution in [2.75, 3.05) is 26.3 Å². The van der Waals surface area contributed by atoms with Crippen LogP contribution in [0.25, 0.3) is 0 Å². The molecule has 3 rings (SSSR count). The van der Waals surface area contributed by atoms with Gasteiger partial charge >= 0.3 is 0 Å². The quantitative estimate of drug-likeness (QED) is 0.771. The second-order valence-electron chi connectivity index (χ2n) is 7.94. The van der Waals surface area contributed by atoms with Crippen LogP contribution in [-0.2, 0) is 23.1 Å². The topological polar surface area (TPSA) is 83.2 Å². The van der Waals surface area contributed by atoms with Crippen LogP contribution in [0.3, 0.4) is 0 Å². The first-order valence-electron chi connectivity index (χ1n) is 9.44. The first-order valence-corrected chi connectivity index (χ1v) is 9.44. The molecule has 0 bridgehead atoms. The van der Waals surface area contributed by atoms with Crippen molar-refractivity contribution < 1.29 is 9.53 Å². The van der Waals surface area contributed by atoms with E-state index in [2.05, 4.69) is 35.1 Å². The second kappa shape index (κ2) is 10.4. The van der Waals surface area contributed by atoms with Crippen LogP contribution < -0.4 is 5.32 Å². The number of amides is 1. The Balaban J connectivity index is 0.00000196. The first-order chi connectivity index (χ1) is 12.4. The Morgan fingerprint density at radius 3 is 2.61 bits per heavy atom. The number of carbonyl (C=O) groups excluding carboxylic acids is 1. The van der Waals surface area contributed by atoms with Gasteiger partial charge in [0.05, 0.1) is 12.6 Å². The average molecular weight is 432 g/mol. The minimum Gasteiger partial charge on any atom is -0.381 e. The van der Waals surface area contributed by atoms with E-state index in [-0.39, 0.29) is 36.8 Å². The number of aryl methyl sites for hydroxylation is 1. The van der Waals surface area contributed by atoms with Crippen molar-refractivity contribution in [1.82, 2.24) is 19.8 Å². The summed E-state index contributed by atoms with van der Waals surface area (Å²) in [6.07, 6.45) is 4.72. The van der Waals surface area contributed by atoms with Gasteiger partial charge in [0, 0.05) is 51.8 Å². The van der Waals surface area contributed by atoms with Gasteiger partial charge in [0.15, 0.2) is 0 Å². The summed E-state index contributed by atoms with van der Waals surface area (Å²) in [7, 11) is 2.00. The number of hydrogen-bond acceptors (Lipinski definition) is 5. The summed E-state index contributed by atoms with van der Waals surface area (Å²) in [6, 6.07) is 2.34. The van der Waals surface area contributed by atoms with Crippen LogP contribution >= 0.6 is 24.8 Å². The molecule has 0 radical (unpaired) electrons. The highest BCUT2D eigenvalue weighted by Crippen LogP contribution is 2.32. The van der Waals surface area contributed by atoms with Gasteiger partial charge in [0.2, 0.25) is 5.91 Å². The largest absolute Gasteiger partial charge is 0.381 e. The van der Waals surface area contributed by atoms with Gasteiger partial charge in [-0.15, -0.1) is 24.8 Å². The molecule has 1 aromatic heterocycles. The highest BCUT2D eigenvalue weighted by Gasteiger charge is 2.44. The van der Waals surface area contributed by atoms with Gasteiger partial charge < -0.3 is 14.6 Å². The van der Waals surface area contributed by atoms with Crippen LogP contribution in [0.1, 0.15) is 32.5 Å². The molecule has 2 fully saturated rings. The number of nitrogens with zero attached hydrogens (tertiary/aromatic N) is 4. The number of nitriles is 1. The molecule has 2 atom stereocenters. The number of hydrogen-bond donors (Lipinski definition) is 1. The predicted octanol–water partition coefficient (Wildman–Crippen LogP) is 2.16. The minimum absolute atomic E-state index is 0. The average Bonchev–Trinajstić information content (AvgIpc) is 3.22. The molecule has 28 heavy (non-hydrogen) atoms. The van der Waals surface area contributed by atoms with E-state index in [1.807, 2.05) is 24.0 Å². The number of nitrogens with one attached hydrogen (secondary N) is 1. The molecule has 9 heteroatoms. The number of carbonyl (C=O) groups is 1. The van der Waals surface area contributed by atoms with Crippen LogP contribution in [0.5, 0.6) is 0 Å². The van der Waals surface area contributed by atoms with Gasteiger partial charge in [-0.3, -0.25) is 9.69 Å². The van der Waals surface area contributed by atoms with E-state index < -0.39 is 5.41 Å². The molecule has 7 nitrogen and oxygen atoms in total. The first kappa shape index (κ1) is 24.7. The number of imidazole rings is 1. The lowest BCUT2D eigenvalue weighted by molar-refractivity contribution is -0.133. The molecule has 2 saturated heterocycles. The van der Waals surface area contributed by atoms with E-state index in [1.54, 1.807) is 0 Å². The van der Waals surface area contributed by atoms with Crippen molar-refractivity contribution in [3.05, 3.63) is 18.2 Å². The fourth-order valence-electron chi connectivity index (χ4n) is 4.04. The van der Waals surface area contributed by atoms with Crippen LogP contribution in [-0.4, -0.2) is 52.7 Å². The van der Waals surface area contributed by atoms with E-state index in [0.29, 0.717) is 37.9 Å². The Bertz CT molecular complexity index is 682. The summed E-state index contributed by atoms with van der Waals surface area (Å²) >= 11 is 0. The second-order valence-corrected chi connectivity index (χ2v) is 7.94. The highest BCUT2D eigenvalue weighted by atomic mass is 35.5. The van der Waals surface area contributed by atoms with Gasteiger partial charge in [-0.05, 0) is 24.7 Å². The van der Waals surface area contributed by atoms with E-state index >= 15 is 0 Å². The normalized spacial score (nSPS) is 24.1. The highest BCUT2D eigenvalue weighted by molar-refractivity contribution is 5.86. The SMILES string of the molecule is CC(C)[C@H]1CN(Cc2nccn2C)C[C@@H]1NC(=O)C1(C#N)CCOCC1.Cl.Cl. The summed E-state index contributed by atoms with van der Waals surface area (Å²) < 4.78 is 7.38. The van der Waals surface area contributed by atoms with Gasteiger partial charge in [-0.25, -0.2) is 4.98 Å². The maximum Gasteiger partial charge on any atom is 0.240 e. The van der Waals surface area contributed by atoms with Crippen molar-refractivity contribution in [3.63, 3.8) is 0 Å². The molecular weight excluding hydrogens is 401 g/mol. The molecule has 0 aromatic carbocycles. The molecule has 2 aliphatic heterocycles. The molecule has 1 aromatic rings. The van der Waals surface area contributed by atoms with Crippen molar-refractivity contribution in [2.45, 2.75) is 39.3 Å². The number of rotatable bonds is 5. The third-order valence-corrected chi connectivity index (χ3v) is 5.89. The van der Waals surface area contributed by atoms with Crippen LogP contribution in [0.4, 0.5) is 0 Å². The number of halogens is 2. The minimum atomic E-state index is -0.938. The van der Waals surface area contributed by atoms with Gasteiger partial charge in [-0.1, -0.05) is 13.8 Å². The van der Waals surface area contributed by atoms with Crippen molar-refractivity contribution in [1.29, 1.82) is 5.26 Å². The predicted molar refractivity (Wildman–Crippen MR) is 111 cm³/mol. The zero-order valence-corrected chi connectivity index (χ0v) is 18.4. The number of aromatic nitrogens is 2. The maximum atomic E-state index is 12.9. The molecule has 0 spiro atoms. The monoisotopic (exact) mass is 431 g/mol. The standard InChI is InChI=1S/C19H29N5O2.2ClH/c1-14(2)15-10-24(12-17-21-6-7-23(17)3)11-16(15)22-18(25)19(13-20)4-8-26-9-5-19;;/h6-7,14-16H,4-5,8-12H2,1-3H3,(H,22,25);2*1H/t15-,16+;;/m1../s1. The zero-order valence-electron chi connectivity index (χ0n) is 16.8. The van der Waals surface area contributed by atoms with Crippen molar-refractivity contribution in [3.8, 4) is 6.07 Å². The smallest absolute Gasteiger partial charge is 0.240 e. The Morgan fingerprint density at radius 1 is 1.39 bits per heavy atom. The third-order valence-electron chi connectivity index (χ3n) is 5.89. The van der Waals surface area contributed by atoms with Gasteiger partial charge in [-0.2, -0.15) is 5.26 Å². The number of ether oxygens (including phenoxy) is 1. The fourth-order valence-corrected chi connectivity index (χ4v) is 4.04. The zero-order chi connectivity index (χ0) is 18.7. The lowest BCUT2D eigenvalue weighted by Crippen LogP contribution is -2.50. The Labute approximate surface area is 179 Å². The van der Waals surface area contributed by atoms with Crippen molar-refractivity contribution in [2.24, 2.45) is 24.3 Å². The molecule has 158 valence electrons. The van der Waals surface area contributed by atoms with E-state index in [0.717, 1.165) is 25.5 Å². The summed E-state index contributed by atoms with van der Waals surface area (Å²) in [5.74, 6) is 1.73. The molecule has 0 saturated carbocycles. The van der Waals surface area contributed by atoms with E-state index in [1.165, 1.54) is 0 Å². The Morgan fingerprint density at radius 2 is 2.07 bits per heavy atom. The van der Waals surface area contributed by atoms with E-state index in [4.69, 9.17) is 4.74 Å². The Kier molecular flexibility index (Phi) is 9.22.